The van der Waals surface area contributed by atoms with Crippen molar-refractivity contribution in [3.63, 3.8) is 0 Å². The zero-order chi connectivity index (χ0) is 13.3. The maximum Gasteiger partial charge on any atom is 0.361 e. The van der Waals surface area contributed by atoms with Crippen LogP contribution in [-0.2, 0) is 16.1 Å². The molecule has 1 amide bonds. The second kappa shape index (κ2) is 4.47. The molecule has 0 atom stereocenters. The lowest BCUT2D eigenvalue weighted by molar-refractivity contribution is -0.116. The van der Waals surface area contributed by atoms with Gasteiger partial charge in [-0.3, -0.25) is 19.5 Å². The Kier molecular flexibility index (Phi) is 3.00. The molecule has 1 aromatic rings. The molecule has 1 aromatic heterocycles. The normalized spacial score (nSPS) is 13.7. The molecule has 8 nitrogen and oxygen atoms in total. The van der Waals surface area contributed by atoms with E-state index in [-0.39, 0.29) is 31.4 Å². The summed E-state index contributed by atoms with van der Waals surface area (Å²) in [6.07, 6.45) is 0.118. The number of carbonyl (C=O) groups is 2. The highest BCUT2D eigenvalue weighted by Crippen LogP contribution is 2.17. The monoisotopic (exact) mass is 253 g/mol. The van der Waals surface area contributed by atoms with Crippen molar-refractivity contribution in [3.05, 3.63) is 16.0 Å². The number of aromatic hydroxyl groups is 1. The first kappa shape index (κ1) is 12.1. The van der Waals surface area contributed by atoms with Crippen molar-refractivity contribution in [2.45, 2.75) is 19.9 Å². The summed E-state index contributed by atoms with van der Waals surface area (Å²) in [7, 11) is 0. The first-order valence-corrected chi connectivity index (χ1v) is 5.35. The van der Waals surface area contributed by atoms with Crippen molar-refractivity contribution in [3.8, 4) is 5.75 Å². The van der Waals surface area contributed by atoms with E-state index >= 15 is 0 Å². The number of rotatable bonds is 2. The van der Waals surface area contributed by atoms with Crippen molar-refractivity contribution in [2.24, 2.45) is 0 Å². The highest BCUT2D eigenvalue weighted by Gasteiger charge is 2.25. The van der Waals surface area contributed by atoms with Gasteiger partial charge in [0.05, 0.1) is 6.61 Å². The van der Waals surface area contributed by atoms with Crippen LogP contribution >= 0.6 is 0 Å². The summed E-state index contributed by atoms with van der Waals surface area (Å²) in [6.45, 7) is 1.79. The number of nitrogens with zero attached hydrogens (tertiary/aromatic N) is 2. The number of esters is 1. The van der Waals surface area contributed by atoms with Gasteiger partial charge in [0.1, 0.15) is 0 Å². The molecule has 1 aliphatic rings. The van der Waals surface area contributed by atoms with E-state index in [4.69, 9.17) is 0 Å². The van der Waals surface area contributed by atoms with Gasteiger partial charge < -0.3 is 9.84 Å². The topological polar surface area (TPSA) is 111 Å². The largest absolute Gasteiger partial charge is 0.501 e. The molecule has 8 heteroatoms. The lowest BCUT2D eigenvalue weighted by atomic mass is 10.3. The van der Waals surface area contributed by atoms with Crippen molar-refractivity contribution in [1.29, 1.82) is 0 Å². The molecule has 2 N–H and O–H groups in total. The van der Waals surface area contributed by atoms with Crippen molar-refractivity contribution in [2.75, 3.05) is 11.9 Å². The van der Waals surface area contributed by atoms with Crippen molar-refractivity contribution in [1.82, 2.24) is 9.55 Å². The van der Waals surface area contributed by atoms with Gasteiger partial charge >= 0.3 is 5.97 Å². The van der Waals surface area contributed by atoms with Gasteiger partial charge in [0.15, 0.2) is 5.69 Å². The molecule has 0 fully saturated rings. The van der Waals surface area contributed by atoms with Crippen molar-refractivity contribution >= 4 is 17.8 Å². The number of anilines is 1. The van der Waals surface area contributed by atoms with E-state index in [2.05, 4.69) is 15.0 Å². The Morgan fingerprint density at radius 2 is 2.28 bits per heavy atom. The number of amides is 1. The molecule has 2 rings (SSSR count). The van der Waals surface area contributed by atoms with Gasteiger partial charge in [-0.25, -0.2) is 9.78 Å². The number of nitrogens with one attached hydrogen (secondary N) is 1. The summed E-state index contributed by atoms with van der Waals surface area (Å²) in [6, 6.07) is 0. The molecule has 0 saturated heterocycles. The zero-order valence-electron chi connectivity index (χ0n) is 9.60. The molecule has 0 spiro atoms. The standard InChI is InChI=1S/C10H11N3O5/c1-2-18-9(17)6-7(15)8(16)13-4-3-5(14)11-10(13)12-6/h15H,2-4H2,1H3,(H,11,12,14). The number of hydrogen-bond donors (Lipinski definition) is 2. The van der Waals surface area contributed by atoms with E-state index in [1.165, 1.54) is 0 Å². The molecule has 18 heavy (non-hydrogen) atoms. The maximum atomic E-state index is 11.8. The van der Waals surface area contributed by atoms with E-state index in [1.54, 1.807) is 6.92 Å². The molecule has 2 heterocycles. The van der Waals surface area contributed by atoms with Crippen LogP contribution in [0.4, 0.5) is 5.95 Å². The van der Waals surface area contributed by atoms with Crippen LogP contribution in [0.2, 0.25) is 0 Å². The number of ether oxygens (including phenoxy) is 1. The van der Waals surface area contributed by atoms with Gasteiger partial charge in [-0.15, -0.1) is 0 Å². The first-order valence-electron chi connectivity index (χ1n) is 5.35. The highest BCUT2D eigenvalue weighted by atomic mass is 16.5. The first-order chi connectivity index (χ1) is 8.54. The van der Waals surface area contributed by atoms with Gasteiger partial charge in [0, 0.05) is 13.0 Å². The van der Waals surface area contributed by atoms with E-state index in [9.17, 15) is 19.5 Å². The van der Waals surface area contributed by atoms with Gasteiger partial charge in [-0.1, -0.05) is 0 Å². The molecule has 0 unspecified atom stereocenters. The lowest BCUT2D eigenvalue weighted by Crippen LogP contribution is -2.34. The Hall–Kier alpha value is -2.38. The van der Waals surface area contributed by atoms with E-state index < -0.39 is 23.0 Å². The highest BCUT2D eigenvalue weighted by molar-refractivity contribution is 5.93. The predicted octanol–water partition coefficient (Wildman–Crippen LogP) is -0.532. The fourth-order valence-corrected chi connectivity index (χ4v) is 1.59. The maximum absolute atomic E-state index is 11.8. The third-order valence-electron chi connectivity index (χ3n) is 2.43. The molecule has 1 aliphatic heterocycles. The number of carbonyl (C=O) groups excluding carboxylic acids is 2. The number of aromatic nitrogens is 2. The molecular formula is C10H11N3O5. The third-order valence-corrected chi connectivity index (χ3v) is 2.43. The van der Waals surface area contributed by atoms with Crippen LogP contribution in [0, 0.1) is 0 Å². The van der Waals surface area contributed by atoms with Crippen LogP contribution in [0.1, 0.15) is 23.8 Å². The molecule has 0 aliphatic carbocycles. The minimum Gasteiger partial charge on any atom is -0.501 e. The van der Waals surface area contributed by atoms with Crippen LogP contribution < -0.4 is 10.9 Å². The number of fused-ring (bicyclic) bond motifs is 1. The van der Waals surface area contributed by atoms with Crippen LogP contribution in [0.25, 0.3) is 0 Å². The minimum absolute atomic E-state index is 0.0582. The Labute approximate surface area is 101 Å². The summed E-state index contributed by atoms with van der Waals surface area (Å²) in [5, 5.41) is 12.0. The predicted molar refractivity (Wildman–Crippen MR) is 59.4 cm³/mol. The van der Waals surface area contributed by atoms with Gasteiger partial charge in [-0.05, 0) is 6.92 Å². The van der Waals surface area contributed by atoms with Gasteiger partial charge in [-0.2, -0.15) is 0 Å². The van der Waals surface area contributed by atoms with Crippen LogP contribution in [0.15, 0.2) is 4.79 Å². The molecule has 0 radical (unpaired) electrons. The van der Waals surface area contributed by atoms with E-state index in [0.717, 1.165) is 4.57 Å². The lowest BCUT2D eigenvalue weighted by Gasteiger charge is -2.18. The Morgan fingerprint density at radius 1 is 1.56 bits per heavy atom. The molecule has 0 bridgehead atoms. The third kappa shape index (κ3) is 1.92. The van der Waals surface area contributed by atoms with E-state index in [1.807, 2.05) is 0 Å². The van der Waals surface area contributed by atoms with Crippen LogP contribution in [-0.4, -0.2) is 33.1 Å². The summed E-state index contributed by atoms with van der Waals surface area (Å²) in [4.78, 5) is 38.2. The Bertz CT molecular complexity index is 578. The Morgan fingerprint density at radius 3 is 2.94 bits per heavy atom. The summed E-state index contributed by atoms with van der Waals surface area (Å²) in [5.41, 5.74) is -1.27. The van der Waals surface area contributed by atoms with Crippen molar-refractivity contribution < 1.29 is 19.4 Å². The second-order valence-electron chi connectivity index (χ2n) is 3.61. The fourth-order valence-electron chi connectivity index (χ4n) is 1.59. The Balaban J connectivity index is 2.54. The molecular weight excluding hydrogens is 242 g/mol. The fraction of sp³-hybridized carbons (Fsp3) is 0.400. The smallest absolute Gasteiger partial charge is 0.361 e. The second-order valence-corrected chi connectivity index (χ2v) is 3.61. The number of hydrogen-bond acceptors (Lipinski definition) is 6. The molecule has 96 valence electrons. The molecule has 0 aromatic carbocycles. The summed E-state index contributed by atoms with van der Waals surface area (Å²) >= 11 is 0. The minimum atomic E-state index is -0.907. The SMILES string of the molecule is CCOC(=O)c1nc2n(c(=O)c1O)CCC(=O)N2. The van der Waals surface area contributed by atoms with Crippen LogP contribution in [0.3, 0.4) is 0 Å². The molecule has 0 saturated carbocycles. The van der Waals surface area contributed by atoms with E-state index in [0.29, 0.717) is 0 Å². The average molecular weight is 253 g/mol. The van der Waals surface area contributed by atoms with Gasteiger partial charge in [0.25, 0.3) is 5.56 Å². The summed E-state index contributed by atoms with van der Waals surface area (Å²) < 4.78 is 5.76. The quantitative estimate of drug-likeness (QED) is 0.685. The zero-order valence-corrected chi connectivity index (χ0v) is 9.60. The average Bonchev–Trinajstić information content (AvgIpc) is 2.33. The van der Waals surface area contributed by atoms with Crippen LogP contribution in [0.5, 0.6) is 5.75 Å². The summed E-state index contributed by atoms with van der Waals surface area (Å²) in [5.74, 6) is -2.04. The van der Waals surface area contributed by atoms with Gasteiger partial charge in [0.2, 0.25) is 17.6 Å².